The summed E-state index contributed by atoms with van der Waals surface area (Å²) < 4.78 is 78.0. The first-order chi connectivity index (χ1) is 10.6. The normalized spacial score (nSPS) is 12.7. The monoisotopic (exact) mass is 336 g/mol. The molecule has 0 fully saturated rings. The Kier molecular flexibility index (Phi) is 4.72. The summed E-state index contributed by atoms with van der Waals surface area (Å²) in [6.07, 6.45) is -8.12. The van der Waals surface area contributed by atoms with Gasteiger partial charge in [0.1, 0.15) is 5.69 Å². The maximum atomic E-state index is 13.0. The van der Waals surface area contributed by atoms with Crippen LogP contribution in [0, 0.1) is 0 Å². The fourth-order valence-electron chi connectivity index (χ4n) is 2.17. The molecule has 1 N–H and O–H groups in total. The van der Waals surface area contributed by atoms with Crippen LogP contribution in [0.25, 0.3) is 10.9 Å². The van der Waals surface area contributed by atoms with Gasteiger partial charge in [-0.2, -0.15) is 26.3 Å². The highest BCUT2D eigenvalue weighted by molar-refractivity contribution is 5.93. The van der Waals surface area contributed by atoms with Gasteiger partial charge in [0.15, 0.2) is 0 Å². The van der Waals surface area contributed by atoms with Crippen LogP contribution in [0.2, 0.25) is 0 Å². The molecule has 1 heterocycles. The molecule has 0 saturated heterocycles. The molecule has 2 nitrogen and oxygen atoms in total. The van der Waals surface area contributed by atoms with Crippen molar-refractivity contribution in [1.29, 1.82) is 0 Å². The molecule has 0 radical (unpaired) electrons. The third-order valence-corrected chi connectivity index (χ3v) is 3.28. The van der Waals surface area contributed by atoms with Gasteiger partial charge in [-0.15, -0.1) is 0 Å². The number of unbranched alkanes of at least 4 members (excludes halogenated alkanes) is 1. The van der Waals surface area contributed by atoms with Gasteiger partial charge in [0.2, 0.25) is 0 Å². The minimum absolute atomic E-state index is 0.00174. The predicted molar refractivity (Wildman–Crippen MR) is 75.1 cm³/mol. The summed E-state index contributed by atoms with van der Waals surface area (Å²) >= 11 is 0. The second-order valence-corrected chi connectivity index (χ2v) is 5.03. The molecule has 0 aliphatic rings. The maximum absolute atomic E-state index is 13.0. The van der Waals surface area contributed by atoms with Crippen molar-refractivity contribution in [2.24, 2.45) is 0 Å². The Morgan fingerprint density at radius 1 is 1.04 bits per heavy atom. The number of benzene rings is 1. The van der Waals surface area contributed by atoms with E-state index in [2.05, 4.69) is 10.3 Å². The van der Waals surface area contributed by atoms with Crippen LogP contribution in [0.4, 0.5) is 32.0 Å². The molecular weight excluding hydrogens is 322 g/mol. The van der Waals surface area contributed by atoms with Gasteiger partial charge in [-0.05, 0) is 18.6 Å². The second-order valence-electron chi connectivity index (χ2n) is 5.03. The zero-order chi connectivity index (χ0) is 17.3. The summed E-state index contributed by atoms with van der Waals surface area (Å²) in [5.74, 6) is 0. The molecular formula is C15H14F6N2. The minimum Gasteiger partial charge on any atom is -0.384 e. The van der Waals surface area contributed by atoms with Crippen LogP contribution in [0.15, 0.2) is 24.3 Å². The van der Waals surface area contributed by atoms with Crippen LogP contribution in [0.1, 0.15) is 31.0 Å². The average molecular weight is 336 g/mol. The lowest BCUT2D eigenvalue weighted by atomic mass is 10.1. The van der Waals surface area contributed by atoms with Gasteiger partial charge in [-0.1, -0.05) is 25.5 Å². The standard InChI is InChI=1S/C15H14F6N2/c1-2-3-7-22-11-8-12(15(19,20)21)23-13-9(11)5-4-6-10(13)14(16,17)18/h4-6,8H,2-3,7H2,1H3,(H,22,23). The van der Waals surface area contributed by atoms with Gasteiger partial charge >= 0.3 is 12.4 Å². The molecule has 0 amide bonds. The van der Waals surface area contributed by atoms with Crippen molar-refractivity contribution in [2.75, 3.05) is 11.9 Å². The van der Waals surface area contributed by atoms with E-state index in [1.165, 1.54) is 6.07 Å². The fraction of sp³-hybridized carbons (Fsp3) is 0.400. The summed E-state index contributed by atoms with van der Waals surface area (Å²) in [5.41, 5.74) is -3.23. The van der Waals surface area contributed by atoms with E-state index in [9.17, 15) is 26.3 Å². The molecule has 0 unspecified atom stereocenters. The summed E-state index contributed by atoms with van der Waals surface area (Å²) in [6.45, 7) is 2.26. The lowest BCUT2D eigenvalue weighted by molar-refractivity contribution is -0.142. The first-order valence-corrected chi connectivity index (χ1v) is 6.96. The number of aromatic nitrogens is 1. The molecule has 0 saturated carbocycles. The molecule has 2 rings (SSSR count). The molecule has 126 valence electrons. The Bertz CT molecular complexity index is 691. The predicted octanol–water partition coefficient (Wildman–Crippen LogP) is 5.48. The van der Waals surface area contributed by atoms with Crippen molar-refractivity contribution in [3.05, 3.63) is 35.5 Å². The van der Waals surface area contributed by atoms with Crippen LogP contribution < -0.4 is 5.32 Å². The number of halogens is 6. The number of hydrogen-bond donors (Lipinski definition) is 1. The molecule has 1 aromatic heterocycles. The third kappa shape index (κ3) is 3.86. The van der Waals surface area contributed by atoms with E-state index >= 15 is 0 Å². The Hall–Kier alpha value is -1.99. The van der Waals surface area contributed by atoms with Gasteiger partial charge in [-0.3, -0.25) is 0 Å². The lowest BCUT2D eigenvalue weighted by Gasteiger charge is -2.16. The summed E-state index contributed by atoms with van der Waals surface area (Å²) in [7, 11) is 0. The zero-order valence-electron chi connectivity index (χ0n) is 12.1. The maximum Gasteiger partial charge on any atom is 0.433 e. The first kappa shape index (κ1) is 17.4. The Balaban J connectivity index is 2.68. The number of anilines is 1. The van der Waals surface area contributed by atoms with E-state index in [1.807, 2.05) is 6.92 Å². The van der Waals surface area contributed by atoms with E-state index in [0.29, 0.717) is 13.0 Å². The molecule has 0 bridgehead atoms. The van der Waals surface area contributed by atoms with Crippen molar-refractivity contribution in [2.45, 2.75) is 32.1 Å². The number of fused-ring (bicyclic) bond motifs is 1. The van der Waals surface area contributed by atoms with Crippen molar-refractivity contribution >= 4 is 16.6 Å². The number of pyridine rings is 1. The molecule has 0 atom stereocenters. The highest BCUT2D eigenvalue weighted by Crippen LogP contribution is 2.38. The van der Waals surface area contributed by atoms with Crippen molar-refractivity contribution in [3.63, 3.8) is 0 Å². The lowest BCUT2D eigenvalue weighted by Crippen LogP contribution is -2.13. The number of alkyl halides is 6. The first-order valence-electron chi connectivity index (χ1n) is 6.96. The Labute approximate surface area is 128 Å². The Morgan fingerprint density at radius 2 is 1.74 bits per heavy atom. The second kappa shape index (κ2) is 6.25. The van der Waals surface area contributed by atoms with Gasteiger partial charge in [-0.25, -0.2) is 4.98 Å². The van der Waals surface area contributed by atoms with Gasteiger partial charge in [0.05, 0.1) is 11.1 Å². The van der Waals surface area contributed by atoms with Gasteiger partial charge in [0, 0.05) is 17.6 Å². The summed E-state index contributed by atoms with van der Waals surface area (Å²) in [4.78, 5) is 3.22. The number of rotatable bonds is 4. The van der Waals surface area contributed by atoms with Crippen molar-refractivity contribution in [3.8, 4) is 0 Å². The molecule has 0 aliphatic carbocycles. The van der Waals surface area contributed by atoms with E-state index in [1.54, 1.807) is 0 Å². The Morgan fingerprint density at radius 3 is 2.30 bits per heavy atom. The zero-order valence-corrected chi connectivity index (χ0v) is 12.1. The summed E-state index contributed by atoms with van der Waals surface area (Å²) in [5, 5.41) is 2.79. The van der Waals surface area contributed by atoms with E-state index < -0.39 is 29.1 Å². The highest BCUT2D eigenvalue weighted by Gasteiger charge is 2.37. The topological polar surface area (TPSA) is 24.9 Å². The SMILES string of the molecule is CCCCNc1cc(C(F)(F)F)nc2c(C(F)(F)F)cccc12. The number of hydrogen-bond acceptors (Lipinski definition) is 2. The van der Waals surface area contributed by atoms with Crippen LogP contribution in [-0.4, -0.2) is 11.5 Å². The molecule has 2 aromatic rings. The summed E-state index contributed by atoms with van der Waals surface area (Å²) in [6, 6.07) is 3.96. The highest BCUT2D eigenvalue weighted by atomic mass is 19.4. The molecule has 0 spiro atoms. The van der Waals surface area contributed by atoms with Gasteiger partial charge in [0.25, 0.3) is 0 Å². The smallest absolute Gasteiger partial charge is 0.384 e. The number of para-hydroxylation sites is 1. The minimum atomic E-state index is -4.83. The molecule has 1 aromatic carbocycles. The molecule has 23 heavy (non-hydrogen) atoms. The van der Waals surface area contributed by atoms with Crippen LogP contribution in [-0.2, 0) is 12.4 Å². The van der Waals surface area contributed by atoms with Crippen molar-refractivity contribution in [1.82, 2.24) is 4.98 Å². The number of nitrogens with one attached hydrogen (secondary N) is 1. The van der Waals surface area contributed by atoms with Gasteiger partial charge < -0.3 is 5.32 Å². The largest absolute Gasteiger partial charge is 0.433 e. The van der Waals surface area contributed by atoms with Crippen LogP contribution in [0.3, 0.4) is 0 Å². The fourth-order valence-corrected chi connectivity index (χ4v) is 2.17. The quantitative estimate of drug-likeness (QED) is 0.590. The van der Waals surface area contributed by atoms with Crippen molar-refractivity contribution < 1.29 is 26.3 Å². The average Bonchev–Trinajstić information content (AvgIpc) is 2.44. The number of nitrogens with zero attached hydrogens (tertiary/aromatic N) is 1. The van der Waals surface area contributed by atoms with Crippen LogP contribution >= 0.6 is 0 Å². The molecule has 8 heteroatoms. The van der Waals surface area contributed by atoms with E-state index in [0.717, 1.165) is 24.6 Å². The molecule has 0 aliphatic heterocycles. The van der Waals surface area contributed by atoms with E-state index in [-0.39, 0.29) is 11.1 Å². The third-order valence-electron chi connectivity index (χ3n) is 3.28. The van der Waals surface area contributed by atoms with Crippen LogP contribution in [0.5, 0.6) is 0 Å². The van der Waals surface area contributed by atoms with E-state index in [4.69, 9.17) is 0 Å².